The second-order valence-corrected chi connectivity index (χ2v) is 11.6. The van der Waals surface area contributed by atoms with Crippen LogP contribution in [0.1, 0.15) is 11.1 Å². The van der Waals surface area contributed by atoms with Crippen molar-refractivity contribution >= 4 is 56.0 Å². The van der Waals surface area contributed by atoms with Crippen LogP contribution in [0.5, 0.6) is 5.75 Å². The van der Waals surface area contributed by atoms with E-state index in [2.05, 4.69) is 10.1 Å². The van der Waals surface area contributed by atoms with Crippen molar-refractivity contribution in [1.82, 2.24) is 9.78 Å². The van der Waals surface area contributed by atoms with E-state index in [1.807, 2.05) is 0 Å². The van der Waals surface area contributed by atoms with Crippen molar-refractivity contribution in [3.05, 3.63) is 82.4 Å². The van der Waals surface area contributed by atoms with Crippen molar-refractivity contribution in [2.75, 3.05) is 17.7 Å². The summed E-state index contributed by atoms with van der Waals surface area (Å²) in [4.78, 5) is 16.0. The summed E-state index contributed by atoms with van der Waals surface area (Å²) in [5, 5.41) is 4.91. The Bertz CT molecular complexity index is 1760. The zero-order valence-electron chi connectivity index (χ0n) is 22.7. The summed E-state index contributed by atoms with van der Waals surface area (Å²) in [6.45, 7) is -0.0559. The molecule has 1 atom stereocenters. The van der Waals surface area contributed by atoms with Gasteiger partial charge in [0.05, 0.1) is 41.5 Å². The van der Waals surface area contributed by atoms with Crippen molar-refractivity contribution in [3.8, 4) is 5.75 Å². The highest BCUT2D eigenvalue weighted by atomic mass is 35.5. The molecule has 42 heavy (non-hydrogen) atoms. The molecule has 0 radical (unpaired) electrons. The van der Waals surface area contributed by atoms with Crippen LogP contribution in [0.2, 0.25) is 5.02 Å². The number of primary amides is 1. The molecule has 3 aromatic carbocycles. The molecule has 4 N–H and O–H groups in total. The molecule has 4 aromatic rings. The number of hydrogen-bond acceptors (Lipinski definition) is 7. The van der Waals surface area contributed by atoms with E-state index in [9.17, 15) is 22.0 Å². The number of aryl methyl sites for hydroxylation is 1. The second-order valence-electron chi connectivity index (χ2n) is 9.30. The average molecular weight is 621 g/mol. The highest BCUT2D eigenvalue weighted by Crippen LogP contribution is 2.39. The van der Waals surface area contributed by atoms with E-state index in [-0.39, 0.29) is 46.3 Å². The van der Waals surface area contributed by atoms with E-state index in [1.165, 1.54) is 23.9 Å². The van der Waals surface area contributed by atoms with Crippen LogP contribution in [0.3, 0.4) is 0 Å². The summed E-state index contributed by atoms with van der Waals surface area (Å²) in [5.41, 5.74) is 12.7. The molecule has 0 bridgehead atoms. The molecule has 11 nitrogen and oxygen atoms in total. The van der Waals surface area contributed by atoms with Gasteiger partial charge in [-0.3, -0.25) is 4.68 Å². The number of methoxy groups -OCH3 is 1. The zero-order valence-corrected chi connectivity index (χ0v) is 24.3. The first-order valence-electron chi connectivity index (χ1n) is 12.3. The molecular formula is C27H27ClF2N6O5S. The number of aromatic nitrogens is 2. The van der Waals surface area contributed by atoms with Gasteiger partial charge >= 0.3 is 6.09 Å². The van der Waals surface area contributed by atoms with Crippen molar-refractivity contribution < 1.29 is 31.5 Å². The lowest BCUT2D eigenvalue weighted by Crippen LogP contribution is -2.36. The number of fused-ring (bicyclic) bond motifs is 1. The van der Waals surface area contributed by atoms with Gasteiger partial charge in [0.2, 0.25) is 10.0 Å². The molecule has 0 saturated carbocycles. The molecule has 0 aliphatic rings. The number of sulfonamides is 1. The standard InChI is InChI=1S/C27H27ClF2N6O5S/c1-35-24-21(33-25(31)22(41-27(32)37)12-16-10-17(29)13-18(30)11-16)9-8-20(28)23(24)26(34-35)36(42(3,38)39)14-15-4-6-19(40-2)7-5-15/h4-11,13,22H,12,14H2,1-3H3,(H2,31,33)(H2,32,37)/t22-/m0/s1. The molecule has 0 saturated heterocycles. The van der Waals surface area contributed by atoms with Crippen LogP contribution in [-0.2, 0) is 34.8 Å². The van der Waals surface area contributed by atoms with Crippen LogP contribution >= 0.6 is 11.6 Å². The van der Waals surface area contributed by atoms with Crippen LogP contribution in [0.4, 0.5) is 25.1 Å². The minimum atomic E-state index is -3.86. The van der Waals surface area contributed by atoms with Crippen molar-refractivity contribution in [1.29, 1.82) is 0 Å². The Balaban J connectivity index is 1.79. The third kappa shape index (κ3) is 6.89. The van der Waals surface area contributed by atoms with Gasteiger partial charge in [0.15, 0.2) is 11.9 Å². The van der Waals surface area contributed by atoms with E-state index in [4.69, 9.17) is 32.5 Å². The Hall–Kier alpha value is -4.43. The lowest BCUT2D eigenvalue weighted by molar-refractivity contribution is 0.136. The van der Waals surface area contributed by atoms with Crippen LogP contribution in [0.15, 0.2) is 59.6 Å². The fourth-order valence-electron chi connectivity index (χ4n) is 4.35. The number of halogens is 3. The zero-order chi connectivity index (χ0) is 30.8. The van der Waals surface area contributed by atoms with E-state index in [0.29, 0.717) is 22.9 Å². The number of rotatable bonds is 10. The average Bonchev–Trinajstić information content (AvgIpc) is 3.24. The Kier molecular flexibility index (Phi) is 8.87. The number of nitrogens with two attached hydrogens (primary N) is 2. The van der Waals surface area contributed by atoms with Crippen molar-refractivity contribution in [2.45, 2.75) is 19.1 Å². The molecule has 0 spiro atoms. The monoisotopic (exact) mass is 620 g/mol. The molecule has 1 aromatic heterocycles. The minimum Gasteiger partial charge on any atom is -0.497 e. The molecule has 0 fully saturated rings. The molecule has 1 heterocycles. The van der Waals surface area contributed by atoms with E-state index in [0.717, 1.165) is 22.7 Å². The Labute approximate surface area is 245 Å². The van der Waals surface area contributed by atoms with Gasteiger partial charge in [-0.15, -0.1) is 0 Å². The van der Waals surface area contributed by atoms with Crippen molar-refractivity contribution in [2.24, 2.45) is 23.5 Å². The number of anilines is 1. The van der Waals surface area contributed by atoms with Crippen LogP contribution < -0.4 is 20.5 Å². The summed E-state index contributed by atoms with van der Waals surface area (Å²) in [6.07, 6.45) is -1.65. The SMILES string of the molecule is COc1ccc(CN(c2nn(C)c3c(N=C(N)[C@H](Cc4cc(F)cc(F)c4)OC(N)=O)ccc(Cl)c23)S(C)(=O)=O)cc1. The minimum absolute atomic E-state index is 0.0478. The first-order valence-corrected chi connectivity index (χ1v) is 14.5. The quantitative estimate of drug-likeness (QED) is 0.199. The lowest BCUT2D eigenvalue weighted by atomic mass is 10.1. The number of nitrogens with zero attached hydrogens (tertiary/aromatic N) is 4. The highest BCUT2D eigenvalue weighted by Gasteiger charge is 2.27. The first-order chi connectivity index (χ1) is 19.8. The first kappa shape index (κ1) is 30.5. The predicted octanol–water partition coefficient (Wildman–Crippen LogP) is 4.18. The molecule has 0 aliphatic carbocycles. The van der Waals surface area contributed by atoms with E-state index in [1.54, 1.807) is 31.3 Å². The van der Waals surface area contributed by atoms with Crippen LogP contribution in [-0.4, -0.2) is 49.6 Å². The number of hydrogen-bond donors (Lipinski definition) is 2. The van der Waals surface area contributed by atoms with Gasteiger partial charge in [-0.1, -0.05) is 23.7 Å². The number of amides is 1. The number of amidine groups is 1. The molecular weight excluding hydrogens is 594 g/mol. The highest BCUT2D eigenvalue weighted by molar-refractivity contribution is 7.92. The molecule has 222 valence electrons. The Morgan fingerprint density at radius 3 is 2.31 bits per heavy atom. The van der Waals surface area contributed by atoms with Gasteiger partial charge in [0.25, 0.3) is 0 Å². The van der Waals surface area contributed by atoms with E-state index >= 15 is 0 Å². The van der Waals surface area contributed by atoms with Crippen LogP contribution in [0.25, 0.3) is 10.9 Å². The van der Waals surface area contributed by atoms with Gasteiger partial charge in [0, 0.05) is 19.5 Å². The predicted molar refractivity (Wildman–Crippen MR) is 156 cm³/mol. The number of benzene rings is 3. The largest absolute Gasteiger partial charge is 0.497 e. The number of carbonyl (C=O) groups is 1. The molecule has 0 aliphatic heterocycles. The Morgan fingerprint density at radius 2 is 1.74 bits per heavy atom. The molecule has 4 rings (SSSR count). The maximum atomic E-state index is 13.8. The third-order valence-corrected chi connectivity index (χ3v) is 7.62. The van der Waals surface area contributed by atoms with Crippen molar-refractivity contribution in [3.63, 3.8) is 0 Å². The summed E-state index contributed by atoms with van der Waals surface area (Å²) >= 11 is 6.56. The van der Waals surface area contributed by atoms with Gasteiger partial charge in [-0.2, -0.15) is 5.10 Å². The number of aliphatic imine (C=N–C) groups is 1. The van der Waals surface area contributed by atoms with Gasteiger partial charge in [-0.25, -0.2) is 31.3 Å². The fourth-order valence-corrected chi connectivity index (χ4v) is 5.41. The summed E-state index contributed by atoms with van der Waals surface area (Å²) in [5.74, 6) is -1.25. The molecule has 0 unspecified atom stereocenters. The lowest BCUT2D eigenvalue weighted by Gasteiger charge is -2.21. The summed E-state index contributed by atoms with van der Waals surface area (Å²) in [7, 11) is -0.765. The summed E-state index contributed by atoms with van der Waals surface area (Å²) in [6, 6.07) is 12.7. The maximum absolute atomic E-state index is 13.8. The molecule has 1 amide bonds. The van der Waals surface area contributed by atoms with Gasteiger partial charge in [-0.05, 0) is 47.5 Å². The normalized spacial score (nSPS) is 12.8. The van der Waals surface area contributed by atoms with Gasteiger partial charge in [0.1, 0.15) is 23.2 Å². The molecule has 15 heteroatoms. The maximum Gasteiger partial charge on any atom is 0.405 e. The van der Waals surface area contributed by atoms with Gasteiger partial charge < -0.3 is 20.9 Å². The van der Waals surface area contributed by atoms with E-state index < -0.39 is 33.9 Å². The topological polar surface area (TPSA) is 155 Å². The third-order valence-electron chi connectivity index (χ3n) is 6.20. The fraction of sp³-hybridized carbons (Fsp3) is 0.222. The number of ether oxygens (including phenoxy) is 2. The van der Waals surface area contributed by atoms with Crippen LogP contribution in [0, 0.1) is 11.6 Å². The number of carbonyl (C=O) groups excluding carboxylic acids is 1. The smallest absolute Gasteiger partial charge is 0.405 e. The Morgan fingerprint density at radius 1 is 1.10 bits per heavy atom. The second kappa shape index (κ2) is 12.2. The summed E-state index contributed by atoms with van der Waals surface area (Å²) < 4.78 is 66.2.